The molecule has 0 radical (unpaired) electrons. The minimum Gasteiger partial charge on any atom is -0.330 e. The van der Waals surface area contributed by atoms with Gasteiger partial charge in [0.25, 0.3) is 0 Å². The van der Waals surface area contributed by atoms with E-state index in [-0.39, 0.29) is 17.7 Å². The van der Waals surface area contributed by atoms with Crippen molar-refractivity contribution in [1.82, 2.24) is 0 Å². The molecule has 0 aromatic rings. The zero-order valence-corrected chi connectivity index (χ0v) is 5.34. The molecular weight excluding hydrogens is 116 g/mol. The predicted octanol–water partition coefficient (Wildman–Crippen LogP) is -0.748. The first kappa shape index (κ1) is 6.71. The number of ketones is 1. The van der Waals surface area contributed by atoms with Crippen LogP contribution < -0.4 is 11.5 Å². The van der Waals surface area contributed by atoms with Crippen molar-refractivity contribution >= 4 is 5.78 Å². The Labute approximate surface area is 54.4 Å². The van der Waals surface area contributed by atoms with Crippen LogP contribution in [0.5, 0.6) is 0 Å². The maximum atomic E-state index is 10.8. The van der Waals surface area contributed by atoms with E-state index >= 15 is 0 Å². The summed E-state index contributed by atoms with van der Waals surface area (Å²) >= 11 is 0. The summed E-state index contributed by atoms with van der Waals surface area (Å²) in [5.41, 5.74) is 10.9. The number of Topliss-reactive ketones (excluding diaryl/α,β-unsaturated/α-hetero) is 1. The van der Waals surface area contributed by atoms with Crippen LogP contribution >= 0.6 is 0 Å². The summed E-state index contributed by atoms with van der Waals surface area (Å²) in [6, 6.07) is -0.269. The molecule has 0 aromatic heterocycles. The third-order valence-electron chi connectivity index (χ3n) is 1.94. The lowest BCUT2D eigenvalue weighted by Gasteiger charge is -2.08. The van der Waals surface area contributed by atoms with Gasteiger partial charge in [-0.15, -0.1) is 0 Å². The number of carbonyl (C=O) groups excluding carboxylic acids is 1. The van der Waals surface area contributed by atoms with E-state index in [9.17, 15) is 4.79 Å². The van der Waals surface area contributed by atoms with Crippen LogP contribution in [0.1, 0.15) is 12.8 Å². The number of nitrogens with two attached hydrogens (primary N) is 2. The van der Waals surface area contributed by atoms with Gasteiger partial charge in [0.15, 0.2) is 0 Å². The van der Waals surface area contributed by atoms with Crippen molar-refractivity contribution in [3.8, 4) is 0 Å². The number of rotatable bonds is 1. The topological polar surface area (TPSA) is 69.1 Å². The van der Waals surface area contributed by atoms with Gasteiger partial charge in [0, 0.05) is 6.42 Å². The van der Waals surface area contributed by atoms with E-state index in [1.807, 2.05) is 0 Å². The highest BCUT2D eigenvalue weighted by molar-refractivity contribution is 5.86. The quantitative estimate of drug-likeness (QED) is 0.488. The van der Waals surface area contributed by atoms with Gasteiger partial charge in [-0.25, -0.2) is 0 Å². The molecule has 0 aromatic carbocycles. The van der Waals surface area contributed by atoms with Crippen LogP contribution in [0.15, 0.2) is 0 Å². The predicted molar refractivity (Wildman–Crippen MR) is 34.8 cm³/mol. The van der Waals surface area contributed by atoms with Crippen LogP contribution in [-0.4, -0.2) is 18.4 Å². The third-order valence-corrected chi connectivity index (χ3v) is 1.94. The Kier molecular flexibility index (Phi) is 1.83. The van der Waals surface area contributed by atoms with Crippen molar-refractivity contribution in [2.45, 2.75) is 18.9 Å². The van der Waals surface area contributed by atoms with Crippen LogP contribution in [0.25, 0.3) is 0 Å². The number of carbonyl (C=O) groups is 1. The molecule has 1 aliphatic rings. The summed E-state index contributed by atoms with van der Waals surface area (Å²) < 4.78 is 0. The Morgan fingerprint density at radius 1 is 1.67 bits per heavy atom. The third kappa shape index (κ3) is 1.11. The maximum absolute atomic E-state index is 10.8. The summed E-state index contributed by atoms with van der Waals surface area (Å²) in [6.45, 7) is 0.549. The van der Waals surface area contributed by atoms with Gasteiger partial charge in [-0.2, -0.15) is 0 Å². The molecule has 1 aliphatic carbocycles. The van der Waals surface area contributed by atoms with Crippen LogP contribution in [0.4, 0.5) is 0 Å². The molecule has 52 valence electrons. The lowest BCUT2D eigenvalue weighted by molar-refractivity contribution is -0.118. The molecule has 2 unspecified atom stereocenters. The van der Waals surface area contributed by atoms with Gasteiger partial charge in [0.2, 0.25) is 0 Å². The molecular formula is C6H12N2O. The highest BCUT2D eigenvalue weighted by Crippen LogP contribution is 2.19. The first-order valence-corrected chi connectivity index (χ1v) is 3.24. The molecule has 4 N–H and O–H groups in total. The zero-order valence-electron chi connectivity index (χ0n) is 5.34. The van der Waals surface area contributed by atoms with Gasteiger partial charge in [0.05, 0.1) is 6.04 Å². The summed E-state index contributed by atoms with van der Waals surface area (Å²) in [5, 5.41) is 0. The van der Waals surface area contributed by atoms with Crippen LogP contribution in [-0.2, 0) is 4.79 Å². The van der Waals surface area contributed by atoms with E-state index in [2.05, 4.69) is 0 Å². The van der Waals surface area contributed by atoms with E-state index < -0.39 is 0 Å². The highest BCUT2D eigenvalue weighted by atomic mass is 16.1. The second kappa shape index (κ2) is 2.45. The molecule has 0 amide bonds. The Bertz CT molecular complexity index is 124. The minimum atomic E-state index is -0.269. The van der Waals surface area contributed by atoms with E-state index in [1.165, 1.54) is 0 Å². The molecule has 0 saturated heterocycles. The van der Waals surface area contributed by atoms with Gasteiger partial charge >= 0.3 is 0 Å². The van der Waals surface area contributed by atoms with E-state index in [0.29, 0.717) is 13.0 Å². The molecule has 0 heterocycles. The summed E-state index contributed by atoms with van der Waals surface area (Å²) in [5.74, 6) is 0.419. The molecule has 0 bridgehead atoms. The minimum absolute atomic E-state index is 0.172. The monoisotopic (exact) mass is 128 g/mol. The average Bonchev–Trinajstić information content (AvgIpc) is 2.15. The standard InChI is InChI=1S/C6H12N2O/c7-3-4-1-2-5(9)6(4)8/h4,6H,1-3,7-8H2. The molecule has 2 atom stereocenters. The van der Waals surface area contributed by atoms with E-state index in [1.54, 1.807) is 0 Å². The fraction of sp³-hybridized carbons (Fsp3) is 0.833. The lowest BCUT2D eigenvalue weighted by atomic mass is 10.1. The fourth-order valence-corrected chi connectivity index (χ4v) is 1.20. The van der Waals surface area contributed by atoms with Crippen molar-refractivity contribution in [2.24, 2.45) is 17.4 Å². The van der Waals surface area contributed by atoms with Gasteiger partial charge in [-0.3, -0.25) is 4.79 Å². The van der Waals surface area contributed by atoms with Gasteiger partial charge in [-0.05, 0) is 18.9 Å². The average molecular weight is 128 g/mol. The molecule has 0 aliphatic heterocycles. The Morgan fingerprint density at radius 2 is 2.33 bits per heavy atom. The number of hydrogen-bond acceptors (Lipinski definition) is 3. The maximum Gasteiger partial charge on any atom is 0.149 e. The highest BCUT2D eigenvalue weighted by Gasteiger charge is 2.29. The van der Waals surface area contributed by atoms with Crippen molar-refractivity contribution in [1.29, 1.82) is 0 Å². The second-order valence-corrected chi connectivity index (χ2v) is 2.53. The van der Waals surface area contributed by atoms with E-state index in [4.69, 9.17) is 11.5 Å². The molecule has 1 saturated carbocycles. The molecule has 1 fully saturated rings. The Balaban J connectivity index is 2.51. The van der Waals surface area contributed by atoms with Crippen LogP contribution in [0, 0.1) is 5.92 Å². The van der Waals surface area contributed by atoms with Crippen LogP contribution in [0.2, 0.25) is 0 Å². The largest absolute Gasteiger partial charge is 0.330 e. The normalized spacial score (nSPS) is 35.6. The molecule has 3 heteroatoms. The van der Waals surface area contributed by atoms with E-state index in [0.717, 1.165) is 6.42 Å². The SMILES string of the molecule is NCC1CCC(=O)C1N. The van der Waals surface area contributed by atoms with Crippen molar-refractivity contribution in [2.75, 3.05) is 6.54 Å². The van der Waals surface area contributed by atoms with Crippen molar-refractivity contribution < 1.29 is 4.79 Å². The molecule has 9 heavy (non-hydrogen) atoms. The van der Waals surface area contributed by atoms with Gasteiger partial charge in [-0.1, -0.05) is 0 Å². The van der Waals surface area contributed by atoms with Crippen molar-refractivity contribution in [3.63, 3.8) is 0 Å². The molecule has 0 spiro atoms. The first-order chi connectivity index (χ1) is 4.25. The van der Waals surface area contributed by atoms with Gasteiger partial charge < -0.3 is 11.5 Å². The molecule has 1 rings (SSSR count). The first-order valence-electron chi connectivity index (χ1n) is 3.24. The summed E-state index contributed by atoms with van der Waals surface area (Å²) in [6.07, 6.45) is 1.51. The lowest BCUT2D eigenvalue weighted by Crippen LogP contribution is -2.35. The Morgan fingerprint density at radius 3 is 2.56 bits per heavy atom. The number of hydrogen-bond donors (Lipinski definition) is 2. The van der Waals surface area contributed by atoms with Crippen molar-refractivity contribution in [3.05, 3.63) is 0 Å². The fourth-order valence-electron chi connectivity index (χ4n) is 1.20. The Hall–Kier alpha value is -0.410. The zero-order chi connectivity index (χ0) is 6.85. The van der Waals surface area contributed by atoms with Gasteiger partial charge in [0.1, 0.15) is 5.78 Å². The second-order valence-electron chi connectivity index (χ2n) is 2.53. The summed E-state index contributed by atoms with van der Waals surface area (Å²) in [7, 11) is 0. The summed E-state index contributed by atoms with van der Waals surface area (Å²) in [4.78, 5) is 10.8. The smallest absolute Gasteiger partial charge is 0.149 e. The van der Waals surface area contributed by atoms with Crippen LogP contribution in [0.3, 0.4) is 0 Å². The molecule has 3 nitrogen and oxygen atoms in total.